The summed E-state index contributed by atoms with van der Waals surface area (Å²) in [5.74, 6) is 0. The fourth-order valence-corrected chi connectivity index (χ4v) is 4.67. The van der Waals surface area contributed by atoms with Gasteiger partial charge in [-0.05, 0) is 6.42 Å². The molecule has 0 bridgehead atoms. The summed E-state index contributed by atoms with van der Waals surface area (Å²) in [4.78, 5) is 4.96. The molecule has 1 unspecified atom stereocenters. The predicted molar refractivity (Wildman–Crippen MR) is 123 cm³/mol. The van der Waals surface area contributed by atoms with Crippen molar-refractivity contribution in [2.75, 3.05) is 39.3 Å². The lowest BCUT2D eigenvalue weighted by Crippen LogP contribution is -2.41. The van der Waals surface area contributed by atoms with Crippen molar-refractivity contribution < 1.29 is 5.11 Å². The SMILES string of the molecule is CCCCCCCCCCCCCCCCCC1N(CCN)CCN1CCO. The van der Waals surface area contributed by atoms with Gasteiger partial charge in [-0.2, -0.15) is 0 Å². The lowest BCUT2D eigenvalue weighted by molar-refractivity contribution is 0.107. The molecule has 3 N–H and O–H groups in total. The quantitative estimate of drug-likeness (QED) is 0.279. The maximum absolute atomic E-state index is 9.28. The first-order chi connectivity index (χ1) is 13.8. The first-order valence-corrected chi connectivity index (χ1v) is 12.6. The molecule has 0 aromatic rings. The van der Waals surface area contributed by atoms with Crippen molar-refractivity contribution in [2.45, 2.75) is 116 Å². The van der Waals surface area contributed by atoms with Gasteiger partial charge in [0.2, 0.25) is 0 Å². The number of unbranched alkanes of at least 4 members (excludes halogenated alkanes) is 14. The second kappa shape index (κ2) is 18.8. The Hall–Kier alpha value is -0.160. The van der Waals surface area contributed by atoms with E-state index in [-0.39, 0.29) is 6.61 Å². The Morgan fingerprint density at radius 2 is 1.11 bits per heavy atom. The molecule has 4 heteroatoms. The molecule has 1 aliphatic heterocycles. The van der Waals surface area contributed by atoms with E-state index in [1.807, 2.05) is 0 Å². The van der Waals surface area contributed by atoms with Crippen LogP contribution in [0.25, 0.3) is 0 Å². The maximum Gasteiger partial charge on any atom is 0.0624 e. The molecule has 1 atom stereocenters. The van der Waals surface area contributed by atoms with E-state index in [1.54, 1.807) is 0 Å². The molecule has 0 radical (unpaired) electrons. The summed E-state index contributed by atoms with van der Waals surface area (Å²) < 4.78 is 0. The van der Waals surface area contributed by atoms with Crippen LogP contribution in [0.15, 0.2) is 0 Å². The van der Waals surface area contributed by atoms with Crippen LogP contribution in [0.2, 0.25) is 0 Å². The summed E-state index contributed by atoms with van der Waals surface area (Å²) in [7, 11) is 0. The van der Waals surface area contributed by atoms with E-state index in [0.717, 1.165) is 32.7 Å². The largest absolute Gasteiger partial charge is 0.395 e. The zero-order valence-corrected chi connectivity index (χ0v) is 19.1. The fourth-order valence-electron chi connectivity index (χ4n) is 4.67. The molecule has 1 rings (SSSR count). The monoisotopic (exact) mass is 397 g/mol. The third-order valence-electron chi connectivity index (χ3n) is 6.39. The van der Waals surface area contributed by atoms with E-state index in [9.17, 15) is 5.11 Å². The van der Waals surface area contributed by atoms with Crippen molar-refractivity contribution in [1.82, 2.24) is 9.80 Å². The first-order valence-electron chi connectivity index (χ1n) is 12.6. The first kappa shape index (κ1) is 25.9. The van der Waals surface area contributed by atoms with Crippen LogP contribution in [0.3, 0.4) is 0 Å². The molecule has 0 amide bonds. The minimum atomic E-state index is 0.270. The summed E-state index contributed by atoms with van der Waals surface area (Å²) in [6, 6.07) is 0. The number of β-amino-alcohol motifs (C(OH)–C–C–N with tert-alkyl or cyclic N) is 1. The third-order valence-corrected chi connectivity index (χ3v) is 6.39. The minimum Gasteiger partial charge on any atom is -0.395 e. The average Bonchev–Trinajstić information content (AvgIpc) is 3.07. The van der Waals surface area contributed by atoms with Gasteiger partial charge in [-0.15, -0.1) is 0 Å². The summed E-state index contributed by atoms with van der Waals surface area (Å²) in [5.41, 5.74) is 5.77. The lowest BCUT2D eigenvalue weighted by Gasteiger charge is -2.29. The molecule has 1 fully saturated rings. The highest BCUT2D eigenvalue weighted by Gasteiger charge is 2.29. The van der Waals surface area contributed by atoms with E-state index in [0.29, 0.717) is 6.17 Å². The number of nitrogens with two attached hydrogens (primary N) is 1. The van der Waals surface area contributed by atoms with Crippen LogP contribution < -0.4 is 5.73 Å². The van der Waals surface area contributed by atoms with Gasteiger partial charge in [0.1, 0.15) is 0 Å². The highest BCUT2D eigenvalue weighted by atomic mass is 16.3. The van der Waals surface area contributed by atoms with Gasteiger partial charge in [0.15, 0.2) is 0 Å². The lowest BCUT2D eigenvalue weighted by atomic mass is 10.0. The number of rotatable bonds is 20. The van der Waals surface area contributed by atoms with Gasteiger partial charge in [-0.25, -0.2) is 0 Å². The molecule has 0 aromatic carbocycles. The van der Waals surface area contributed by atoms with E-state index in [2.05, 4.69) is 16.7 Å². The number of aliphatic hydroxyl groups excluding tert-OH is 1. The smallest absolute Gasteiger partial charge is 0.0624 e. The third kappa shape index (κ3) is 12.4. The Morgan fingerprint density at radius 1 is 0.679 bits per heavy atom. The molecule has 0 saturated carbocycles. The molecule has 1 heterocycles. The number of nitrogens with zero attached hydrogens (tertiary/aromatic N) is 2. The zero-order chi connectivity index (χ0) is 20.3. The van der Waals surface area contributed by atoms with E-state index in [4.69, 9.17) is 5.73 Å². The van der Waals surface area contributed by atoms with Crippen LogP contribution in [0.5, 0.6) is 0 Å². The Labute approximate surface area is 176 Å². The molecule has 168 valence electrons. The summed E-state index contributed by atoms with van der Waals surface area (Å²) in [5, 5.41) is 9.28. The van der Waals surface area contributed by atoms with Gasteiger partial charge in [0, 0.05) is 32.7 Å². The highest BCUT2D eigenvalue weighted by Crippen LogP contribution is 2.20. The van der Waals surface area contributed by atoms with Crippen molar-refractivity contribution in [1.29, 1.82) is 0 Å². The van der Waals surface area contributed by atoms with E-state index >= 15 is 0 Å². The molecule has 28 heavy (non-hydrogen) atoms. The zero-order valence-electron chi connectivity index (χ0n) is 19.1. The van der Waals surface area contributed by atoms with Crippen molar-refractivity contribution >= 4 is 0 Å². The topological polar surface area (TPSA) is 52.7 Å². The fraction of sp³-hybridized carbons (Fsp3) is 1.00. The molecule has 0 spiro atoms. The van der Waals surface area contributed by atoms with Gasteiger partial charge >= 0.3 is 0 Å². The Balaban J connectivity index is 1.90. The van der Waals surface area contributed by atoms with Crippen molar-refractivity contribution in [3.63, 3.8) is 0 Å². The summed E-state index contributed by atoms with van der Waals surface area (Å²) in [6.45, 7) is 7.30. The molecule has 1 aliphatic rings. The second-order valence-electron chi connectivity index (χ2n) is 8.80. The van der Waals surface area contributed by atoms with Gasteiger partial charge in [0.05, 0.1) is 12.8 Å². The molecule has 4 nitrogen and oxygen atoms in total. The van der Waals surface area contributed by atoms with Gasteiger partial charge in [0.25, 0.3) is 0 Å². The van der Waals surface area contributed by atoms with Crippen molar-refractivity contribution in [3.05, 3.63) is 0 Å². The van der Waals surface area contributed by atoms with Crippen LogP contribution in [0.4, 0.5) is 0 Å². The van der Waals surface area contributed by atoms with Crippen LogP contribution in [0, 0.1) is 0 Å². The summed E-state index contributed by atoms with van der Waals surface area (Å²) >= 11 is 0. The van der Waals surface area contributed by atoms with Crippen molar-refractivity contribution in [2.24, 2.45) is 5.73 Å². The highest BCUT2D eigenvalue weighted by molar-refractivity contribution is 4.81. The molecule has 0 aromatic heterocycles. The standard InChI is InChI=1S/C24H51N3O/c1-2-3-4-5-6-7-8-9-10-11-12-13-14-15-16-17-24-26(19-18-25)20-21-27(24)22-23-28/h24,28H,2-23,25H2,1H3. The van der Waals surface area contributed by atoms with E-state index in [1.165, 1.54) is 103 Å². The van der Waals surface area contributed by atoms with E-state index < -0.39 is 0 Å². The van der Waals surface area contributed by atoms with Gasteiger partial charge in [-0.1, -0.05) is 103 Å². The maximum atomic E-state index is 9.28. The molecule has 0 aliphatic carbocycles. The summed E-state index contributed by atoms with van der Waals surface area (Å²) in [6.07, 6.45) is 23.0. The number of aliphatic hydroxyl groups is 1. The Bertz CT molecular complexity index is 313. The Kier molecular flexibility index (Phi) is 17.4. The van der Waals surface area contributed by atoms with Crippen LogP contribution in [-0.2, 0) is 0 Å². The second-order valence-corrected chi connectivity index (χ2v) is 8.80. The molecular formula is C24H51N3O. The number of hydrogen-bond donors (Lipinski definition) is 2. The normalized spacial score (nSPS) is 18.3. The minimum absolute atomic E-state index is 0.270. The number of hydrogen-bond acceptors (Lipinski definition) is 4. The van der Waals surface area contributed by atoms with Gasteiger partial charge < -0.3 is 10.8 Å². The average molecular weight is 398 g/mol. The van der Waals surface area contributed by atoms with Crippen LogP contribution >= 0.6 is 0 Å². The molecule has 1 saturated heterocycles. The predicted octanol–water partition coefficient (Wildman–Crippen LogP) is 5.14. The Morgan fingerprint density at radius 3 is 1.54 bits per heavy atom. The van der Waals surface area contributed by atoms with Crippen molar-refractivity contribution in [3.8, 4) is 0 Å². The van der Waals surface area contributed by atoms with Crippen LogP contribution in [0.1, 0.15) is 110 Å². The van der Waals surface area contributed by atoms with Crippen LogP contribution in [-0.4, -0.2) is 60.4 Å². The molecular weight excluding hydrogens is 346 g/mol. The van der Waals surface area contributed by atoms with Gasteiger partial charge in [-0.3, -0.25) is 9.80 Å².